The maximum Gasteiger partial charge on any atom is 0.231 e. The van der Waals surface area contributed by atoms with Crippen molar-refractivity contribution in [1.29, 1.82) is 0 Å². The molecule has 5 heteroatoms. The Balaban J connectivity index is 2.12. The van der Waals surface area contributed by atoms with Gasteiger partial charge in [-0.3, -0.25) is 0 Å². The second kappa shape index (κ2) is 5.14. The highest BCUT2D eigenvalue weighted by Gasteiger charge is 2.36. The molecule has 0 saturated carbocycles. The molecule has 20 heavy (non-hydrogen) atoms. The topological polar surface area (TPSA) is 52.4 Å². The molecule has 0 fully saturated rings. The van der Waals surface area contributed by atoms with E-state index in [0.29, 0.717) is 5.75 Å². The maximum atomic E-state index is 9.79. The molecule has 0 spiro atoms. The van der Waals surface area contributed by atoms with E-state index in [1.807, 2.05) is 6.92 Å². The molecule has 0 saturated heterocycles. The average molecular weight is 280 g/mol. The summed E-state index contributed by atoms with van der Waals surface area (Å²) in [4.78, 5) is 1.40. The van der Waals surface area contributed by atoms with Crippen molar-refractivity contribution in [1.82, 2.24) is 0 Å². The minimum absolute atomic E-state index is 0.225. The number of hydrogen-bond donors (Lipinski definition) is 2. The van der Waals surface area contributed by atoms with Crippen molar-refractivity contribution in [3.8, 4) is 17.2 Å². The number of aliphatic hydroxyl groups excluding tert-OH is 1. The highest BCUT2D eigenvalue weighted by Crippen LogP contribution is 2.47. The first kappa shape index (κ1) is 13.5. The standard InChI is InChI=1S/C15H21NO4/c1-9(17)6-11-13-10(4-5-16(11)2)7-12-14(15(13)18-3)20-8-19-12/h7,9,11,17H,4-6,8H2,1-3H3/p+1/t9-,11+/m1/s1. The third-order valence-electron chi connectivity index (χ3n) is 4.26. The zero-order valence-corrected chi connectivity index (χ0v) is 12.2. The van der Waals surface area contributed by atoms with Crippen LogP contribution in [0, 0.1) is 0 Å². The normalized spacial score (nSPS) is 25.2. The van der Waals surface area contributed by atoms with Crippen LogP contribution in [0.1, 0.15) is 30.5 Å². The highest BCUT2D eigenvalue weighted by molar-refractivity contribution is 5.61. The van der Waals surface area contributed by atoms with Gasteiger partial charge < -0.3 is 24.2 Å². The lowest BCUT2D eigenvalue weighted by atomic mass is 9.88. The molecule has 5 nitrogen and oxygen atoms in total. The molecule has 2 aliphatic heterocycles. The SMILES string of the molecule is COc1c2c(cc3c1[C@H](C[C@@H](C)O)[NH+](C)CC3)OCO2. The fourth-order valence-corrected chi connectivity index (χ4v) is 3.28. The summed E-state index contributed by atoms with van der Waals surface area (Å²) >= 11 is 0. The highest BCUT2D eigenvalue weighted by atomic mass is 16.7. The second-order valence-corrected chi connectivity index (χ2v) is 5.70. The third-order valence-corrected chi connectivity index (χ3v) is 4.26. The molecule has 2 N–H and O–H groups in total. The number of ether oxygens (including phenoxy) is 3. The van der Waals surface area contributed by atoms with Gasteiger partial charge in [0.15, 0.2) is 11.5 Å². The van der Waals surface area contributed by atoms with Gasteiger partial charge in [-0.15, -0.1) is 0 Å². The third kappa shape index (κ3) is 2.11. The Morgan fingerprint density at radius 3 is 3.00 bits per heavy atom. The fraction of sp³-hybridized carbons (Fsp3) is 0.600. The van der Waals surface area contributed by atoms with E-state index in [4.69, 9.17) is 14.2 Å². The molecule has 2 aliphatic rings. The Morgan fingerprint density at radius 1 is 1.50 bits per heavy atom. The lowest BCUT2D eigenvalue weighted by Gasteiger charge is -2.33. The summed E-state index contributed by atoms with van der Waals surface area (Å²) in [5.41, 5.74) is 2.42. The van der Waals surface area contributed by atoms with Gasteiger partial charge in [-0.2, -0.15) is 0 Å². The van der Waals surface area contributed by atoms with Gasteiger partial charge in [0.1, 0.15) is 6.04 Å². The number of aliphatic hydroxyl groups is 1. The van der Waals surface area contributed by atoms with Gasteiger partial charge in [-0.1, -0.05) is 0 Å². The van der Waals surface area contributed by atoms with E-state index in [-0.39, 0.29) is 18.9 Å². The first-order chi connectivity index (χ1) is 9.61. The minimum Gasteiger partial charge on any atom is -0.492 e. The molecule has 1 aromatic rings. The minimum atomic E-state index is -0.337. The molecule has 0 bridgehead atoms. The Morgan fingerprint density at radius 2 is 2.30 bits per heavy atom. The first-order valence-electron chi connectivity index (χ1n) is 7.11. The van der Waals surface area contributed by atoms with Crippen molar-refractivity contribution in [2.75, 3.05) is 27.5 Å². The predicted octanol–water partition coefficient (Wildman–Crippen LogP) is 0.307. The summed E-state index contributed by atoms with van der Waals surface area (Å²) in [7, 11) is 3.83. The zero-order valence-electron chi connectivity index (χ0n) is 12.2. The van der Waals surface area contributed by atoms with E-state index < -0.39 is 0 Å². The Bertz CT molecular complexity index is 515. The van der Waals surface area contributed by atoms with Crippen LogP contribution in [0.15, 0.2) is 6.07 Å². The molecule has 0 aromatic heterocycles. The van der Waals surface area contributed by atoms with E-state index in [0.717, 1.165) is 30.9 Å². The molecule has 110 valence electrons. The molecule has 2 heterocycles. The molecule has 1 aromatic carbocycles. The molecular weight excluding hydrogens is 258 g/mol. The first-order valence-corrected chi connectivity index (χ1v) is 7.11. The van der Waals surface area contributed by atoms with Gasteiger partial charge in [-0.25, -0.2) is 0 Å². The number of fused-ring (bicyclic) bond motifs is 2. The number of likely N-dealkylation sites (N-methyl/N-ethyl adjacent to an activating group) is 1. The fourth-order valence-electron chi connectivity index (χ4n) is 3.28. The lowest BCUT2D eigenvalue weighted by molar-refractivity contribution is -0.915. The zero-order chi connectivity index (χ0) is 14.3. The second-order valence-electron chi connectivity index (χ2n) is 5.70. The number of rotatable bonds is 3. The molecule has 0 radical (unpaired) electrons. The molecule has 3 rings (SSSR count). The van der Waals surface area contributed by atoms with Crippen LogP contribution < -0.4 is 19.1 Å². The molecule has 1 unspecified atom stereocenters. The smallest absolute Gasteiger partial charge is 0.231 e. The number of hydrogen-bond acceptors (Lipinski definition) is 4. The van der Waals surface area contributed by atoms with Crippen molar-refractivity contribution < 1.29 is 24.2 Å². The maximum absolute atomic E-state index is 9.79. The van der Waals surface area contributed by atoms with Crippen LogP contribution in [0.5, 0.6) is 17.2 Å². The van der Waals surface area contributed by atoms with Crippen molar-refractivity contribution >= 4 is 0 Å². The van der Waals surface area contributed by atoms with Crippen LogP contribution in [0.4, 0.5) is 0 Å². The van der Waals surface area contributed by atoms with Gasteiger partial charge in [0, 0.05) is 12.8 Å². The van der Waals surface area contributed by atoms with Gasteiger partial charge >= 0.3 is 0 Å². The molecule has 3 atom stereocenters. The van der Waals surface area contributed by atoms with E-state index >= 15 is 0 Å². The summed E-state index contributed by atoms with van der Waals surface area (Å²) in [6.07, 6.45) is 1.37. The number of benzene rings is 1. The van der Waals surface area contributed by atoms with Crippen LogP contribution in [-0.2, 0) is 6.42 Å². The molecule has 0 amide bonds. The monoisotopic (exact) mass is 280 g/mol. The Kier molecular flexibility index (Phi) is 3.48. The number of methoxy groups -OCH3 is 1. The number of nitrogens with one attached hydrogen (secondary N) is 1. The van der Waals surface area contributed by atoms with E-state index in [1.54, 1.807) is 7.11 Å². The van der Waals surface area contributed by atoms with Crippen LogP contribution in [0.25, 0.3) is 0 Å². The van der Waals surface area contributed by atoms with Crippen LogP contribution >= 0.6 is 0 Å². The van der Waals surface area contributed by atoms with Gasteiger partial charge in [0.2, 0.25) is 12.5 Å². The van der Waals surface area contributed by atoms with Crippen LogP contribution in [0.2, 0.25) is 0 Å². The van der Waals surface area contributed by atoms with Gasteiger partial charge in [-0.05, 0) is 18.6 Å². The molecule has 0 aliphatic carbocycles. The van der Waals surface area contributed by atoms with Crippen molar-refractivity contribution in [2.45, 2.75) is 31.9 Å². The van der Waals surface area contributed by atoms with Crippen LogP contribution in [0.3, 0.4) is 0 Å². The van der Waals surface area contributed by atoms with E-state index in [1.165, 1.54) is 16.0 Å². The summed E-state index contributed by atoms with van der Waals surface area (Å²) in [6.45, 7) is 3.13. The van der Waals surface area contributed by atoms with Gasteiger partial charge in [0.25, 0.3) is 0 Å². The Labute approximate surface area is 119 Å². The Hall–Kier alpha value is -1.46. The lowest BCUT2D eigenvalue weighted by Crippen LogP contribution is -3.10. The average Bonchev–Trinajstić information content (AvgIpc) is 2.87. The molecular formula is C15H22NO4+. The quantitative estimate of drug-likeness (QED) is 0.836. The predicted molar refractivity (Wildman–Crippen MR) is 73.6 cm³/mol. The summed E-state index contributed by atoms with van der Waals surface area (Å²) in [6, 6.07) is 2.30. The van der Waals surface area contributed by atoms with E-state index in [2.05, 4.69) is 13.1 Å². The number of quaternary nitrogens is 1. The van der Waals surface area contributed by atoms with Crippen molar-refractivity contribution in [3.63, 3.8) is 0 Å². The van der Waals surface area contributed by atoms with Crippen LogP contribution in [-0.4, -0.2) is 38.7 Å². The largest absolute Gasteiger partial charge is 0.492 e. The summed E-state index contributed by atoms with van der Waals surface area (Å²) in [5.74, 6) is 2.26. The summed E-state index contributed by atoms with van der Waals surface area (Å²) in [5, 5.41) is 9.79. The van der Waals surface area contributed by atoms with Crippen molar-refractivity contribution in [2.24, 2.45) is 0 Å². The summed E-state index contributed by atoms with van der Waals surface area (Å²) < 4.78 is 16.7. The van der Waals surface area contributed by atoms with Crippen molar-refractivity contribution in [3.05, 3.63) is 17.2 Å². The van der Waals surface area contributed by atoms with E-state index in [9.17, 15) is 5.11 Å². The van der Waals surface area contributed by atoms with Gasteiger partial charge in [0.05, 0.1) is 32.4 Å².